The van der Waals surface area contributed by atoms with Crippen molar-refractivity contribution in [3.05, 3.63) is 29.8 Å². The van der Waals surface area contributed by atoms with Crippen LogP contribution in [0.15, 0.2) is 24.3 Å². The molecule has 19 heavy (non-hydrogen) atoms. The molecular weight excluding hydrogens is 240 g/mol. The Labute approximate surface area is 110 Å². The minimum atomic E-state index is -1.63. The minimum Gasteiger partial charge on any atom is -0.496 e. The van der Waals surface area contributed by atoms with Crippen LogP contribution in [0.1, 0.15) is 11.5 Å². The molecule has 1 aromatic rings. The molecule has 0 spiro atoms. The van der Waals surface area contributed by atoms with Gasteiger partial charge in [0, 0.05) is 5.56 Å². The molecule has 5 heteroatoms. The van der Waals surface area contributed by atoms with Gasteiger partial charge in [0.05, 0.1) is 37.3 Å². The van der Waals surface area contributed by atoms with E-state index in [0.29, 0.717) is 11.3 Å². The van der Waals surface area contributed by atoms with Crippen molar-refractivity contribution in [2.45, 2.75) is 5.92 Å². The average molecular weight is 248 g/mol. The topological polar surface area (TPSA) is 104 Å². The number of nitrogens with zero attached hydrogens (tertiary/aromatic N) is 4. The van der Waals surface area contributed by atoms with Crippen LogP contribution in [0.5, 0.6) is 5.75 Å². The number of para-hydroxylation sites is 1. The van der Waals surface area contributed by atoms with Crippen LogP contribution >= 0.6 is 0 Å². The van der Waals surface area contributed by atoms with Gasteiger partial charge in [0.2, 0.25) is 0 Å². The van der Waals surface area contributed by atoms with Crippen LogP contribution in [0, 0.1) is 56.2 Å². The van der Waals surface area contributed by atoms with Gasteiger partial charge in [0.15, 0.2) is 10.8 Å². The molecule has 0 aliphatic heterocycles. The second-order valence-corrected chi connectivity index (χ2v) is 4.24. The highest BCUT2D eigenvalue weighted by molar-refractivity contribution is 5.61. The smallest absolute Gasteiger partial charge is 0.185 e. The largest absolute Gasteiger partial charge is 0.496 e. The molecule has 0 atom stereocenters. The number of ether oxygens (including phenoxy) is 1. The summed E-state index contributed by atoms with van der Waals surface area (Å²) in [7, 11) is 1.46. The molecule has 0 bridgehead atoms. The first kappa shape index (κ1) is 12.4. The fourth-order valence-electron chi connectivity index (χ4n) is 2.51. The number of methoxy groups -OCH3 is 1. The molecule has 1 aliphatic carbocycles. The standard InChI is InChI=1S/C14H8N4O/c1-19-11-5-3-2-4-10(11)12-13(6-15,7-16)14(12,8-17)9-18/h2-5,12H,1H3. The summed E-state index contributed by atoms with van der Waals surface area (Å²) >= 11 is 0. The highest BCUT2D eigenvalue weighted by Gasteiger charge is 2.82. The van der Waals surface area contributed by atoms with Gasteiger partial charge in [-0.2, -0.15) is 21.0 Å². The number of hydrogen-bond donors (Lipinski definition) is 0. The molecule has 2 rings (SSSR count). The molecule has 1 aliphatic rings. The first-order chi connectivity index (χ1) is 9.17. The molecule has 0 N–H and O–H groups in total. The van der Waals surface area contributed by atoms with Gasteiger partial charge in [-0.3, -0.25) is 0 Å². The van der Waals surface area contributed by atoms with E-state index in [-0.39, 0.29) is 0 Å². The van der Waals surface area contributed by atoms with Crippen molar-refractivity contribution in [3.8, 4) is 30.0 Å². The second-order valence-electron chi connectivity index (χ2n) is 4.24. The monoisotopic (exact) mass is 248 g/mol. The number of rotatable bonds is 2. The number of benzene rings is 1. The quantitative estimate of drug-likeness (QED) is 0.794. The molecule has 5 nitrogen and oxygen atoms in total. The van der Waals surface area contributed by atoms with Gasteiger partial charge in [-0.1, -0.05) is 18.2 Å². The Bertz CT molecular complexity index is 630. The Balaban J connectivity index is 2.66. The Morgan fingerprint density at radius 2 is 1.42 bits per heavy atom. The molecule has 1 fully saturated rings. The Kier molecular flexibility index (Phi) is 2.63. The zero-order valence-corrected chi connectivity index (χ0v) is 10.1. The molecule has 0 heterocycles. The van der Waals surface area contributed by atoms with Crippen LogP contribution in [0.2, 0.25) is 0 Å². The van der Waals surface area contributed by atoms with Gasteiger partial charge in [0.25, 0.3) is 0 Å². The minimum absolute atomic E-state index is 0.467. The molecule has 90 valence electrons. The molecule has 0 aromatic heterocycles. The molecule has 1 saturated carbocycles. The maximum Gasteiger partial charge on any atom is 0.185 e. The van der Waals surface area contributed by atoms with Crippen LogP contribution in [-0.2, 0) is 0 Å². The lowest BCUT2D eigenvalue weighted by Crippen LogP contribution is -2.05. The van der Waals surface area contributed by atoms with E-state index in [9.17, 15) is 21.0 Å². The van der Waals surface area contributed by atoms with E-state index < -0.39 is 16.7 Å². The van der Waals surface area contributed by atoms with Gasteiger partial charge in [-0.15, -0.1) is 0 Å². The zero-order chi connectivity index (χ0) is 14.1. The van der Waals surface area contributed by atoms with Gasteiger partial charge >= 0.3 is 0 Å². The summed E-state index contributed by atoms with van der Waals surface area (Å²) in [4.78, 5) is 0. The van der Waals surface area contributed by atoms with Crippen LogP contribution in [0.3, 0.4) is 0 Å². The van der Waals surface area contributed by atoms with E-state index in [1.54, 1.807) is 24.3 Å². The summed E-state index contributed by atoms with van der Waals surface area (Å²) in [6.07, 6.45) is 0. The fourth-order valence-corrected chi connectivity index (χ4v) is 2.51. The lowest BCUT2D eigenvalue weighted by molar-refractivity contribution is 0.408. The summed E-state index contributed by atoms with van der Waals surface area (Å²) in [6.45, 7) is 0. The normalized spacial score (nSPS) is 18.2. The van der Waals surface area contributed by atoms with Crippen LogP contribution in [-0.4, -0.2) is 7.11 Å². The van der Waals surface area contributed by atoms with E-state index >= 15 is 0 Å². The summed E-state index contributed by atoms with van der Waals surface area (Å²) in [5.41, 5.74) is -2.73. The maximum absolute atomic E-state index is 9.23. The van der Waals surface area contributed by atoms with E-state index in [2.05, 4.69) is 0 Å². The third-order valence-electron chi connectivity index (χ3n) is 3.56. The highest BCUT2D eigenvalue weighted by atomic mass is 16.5. The summed E-state index contributed by atoms with van der Waals surface area (Å²) < 4.78 is 5.17. The van der Waals surface area contributed by atoms with Gasteiger partial charge in [0.1, 0.15) is 5.75 Å². The molecule has 0 radical (unpaired) electrons. The summed E-state index contributed by atoms with van der Waals surface area (Å²) in [5, 5.41) is 36.9. The van der Waals surface area contributed by atoms with Crippen molar-refractivity contribution in [2.75, 3.05) is 7.11 Å². The van der Waals surface area contributed by atoms with Crippen molar-refractivity contribution < 1.29 is 4.74 Å². The van der Waals surface area contributed by atoms with Gasteiger partial charge in [-0.25, -0.2) is 0 Å². The first-order valence-corrected chi connectivity index (χ1v) is 5.45. The third kappa shape index (κ3) is 1.25. The predicted molar refractivity (Wildman–Crippen MR) is 63.1 cm³/mol. The van der Waals surface area contributed by atoms with Crippen LogP contribution in [0.4, 0.5) is 0 Å². The van der Waals surface area contributed by atoms with Crippen molar-refractivity contribution in [3.63, 3.8) is 0 Å². The van der Waals surface area contributed by atoms with Gasteiger partial charge < -0.3 is 4.74 Å². The van der Waals surface area contributed by atoms with Gasteiger partial charge in [-0.05, 0) is 6.07 Å². The number of nitriles is 4. The van der Waals surface area contributed by atoms with Crippen LogP contribution < -0.4 is 4.74 Å². The SMILES string of the molecule is COc1ccccc1C1C(C#N)(C#N)C1(C#N)C#N. The Hall–Kier alpha value is -3.02. The van der Waals surface area contributed by atoms with Crippen molar-refractivity contribution >= 4 is 0 Å². The summed E-state index contributed by atoms with van der Waals surface area (Å²) in [6, 6.07) is 14.1. The molecule has 0 amide bonds. The Morgan fingerprint density at radius 1 is 0.947 bits per heavy atom. The van der Waals surface area contributed by atoms with E-state index in [0.717, 1.165) is 0 Å². The molecule has 0 unspecified atom stereocenters. The number of hydrogen-bond acceptors (Lipinski definition) is 5. The molecular formula is C14H8N4O. The highest BCUT2D eigenvalue weighted by Crippen LogP contribution is 2.74. The summed E-state index contributed by atoms with van der Waals surface area (Å²) in [5.74, 6) is -0.309. The predicted octanol–water partition coefficient (Wildman–Crippen LogP) is 1.86. The van der Waals surface area contributed by atoms with E-state index in [4.69, 9.17) is 4.74 Å². The third-order valence-corrected chi connectivity index (χ3v) is 3.56. The molecule has 0 saturated heterocycles. The lowest BCUT2D eigenvalue weighted by atomic mass is 9.98. The van der Waals surface area contributed by atoms with E-state index in [1.807, 2.05) is 24.3 Å². The zero-order valence-electron chi connectivity index (χ0n) is 10.1. The van der Waals surface area contributed by atoms with Crippen molar-refractivity contribution in [1.82, 2.24) is 0 Å². The van der Waals surface area contributed by atoms with Crippen LogP contribution in [0.25, 0.3) is 0 Å². The van der Waals surface area contributed by atoms with Crippen molar-refractivity contribution in [1.29, 1.82) is 21.0 Å². The first-order valence-electron chi connectivity index (χ1n) is 5.45. The molecule has 1 aromatic carbocycles. The average Bonchev–Trinajstić information content (AvgIpc) is 3.09. The van der Waals surface area contributed by atoms with E-state index in [1.165, 1.54) is 7.11 Å². The maximum atomic E-state index is 9.23. The van der Waals surface area contributed by atoms with Crippen molar-refractivity contribution in [2.24, 2.45) is 10.8 Å². The lowest BCUT2D eigenvalue weighted by Gasteiger charge is -2.07. The Morgan fingerprint density at radius 3 is 1.84 bits per heavy atom. The fraction of sp³-hybridized carbons (Fsp3) is 0.286. The second kappa shape index (κ2) is 4.02.